The van der Waals surface area contributed by atoms with Crippen LogP contribution in [-0.4, -0.2) is 23.9 Å². The minimum Gasteiger partial charge on any atom is -0.352 e. The van der Waals surface area contributed by atoms with Gasteiger partial charge in [0.15, 0.2) is 0 Å². The Hall–Kier alpha value is -1.73. The fourth-order valence-electron chi connectivity index (χ4n) is 2.77. The predicted molar refractivity (Wildman–Crippen MR) is 103 cm³/mol. The third-order valence-corrected chi connectivity index (χ3v) is 5.91. The molecule has 7 heteroatoms. The van der Waals surface area contributed by atoms with Crippen LogP contribution in [0, 0.1) is 0 Å². The molecule has 0 radical (unpaired) electrons. The van der Waals surface area contributed by atoms with Crippen molar-refractivity contribution < 1.29 is 0 Å². The van der Waals surface area contributed by atoms with Gasteiger partial charge in [-0.15, -0.1) is 22.7 Å². The number of fused-ring (bicyclic) bond motifs is 1. The summed E-state index contributed by atoms with van der Waals surface area (Å²) in [6.45, 7) is 0. The molecule has 0 saturated heterocycles. The molecule has 3 aromatic rings. The first kappa shape index (κ1) is 15.8. The summed E-state index contributed by atoms with van der Waals surface area (Å²) in [6.07, 6.45) is 1.62. The Morgan fingerprint density at radius 1 is 1.21 bits per heavy atom. The maximum atomic E-state index is 6.21. The number of aromatic nitrogens is 1. The second-order valence-corrected chi connectivity index (χ2v) is 7.74. The Kier molecular flexibility index (Phi) is 4.37. The molecule has 0 saturated carbocycles. The lowest BCUT2D eigenvalue weighted by molar-refractivity contribution is 0.529. The van der Waals surface area contributed by atoms with Gasteiger partial charge in [0, 0.05) is 16.6 Å². The zero-order valence-corrected chi connectivity index (χ0v) is 15.3. The standard InChI is InChI=1S/C17H15ClN4S2/c1-19-17-15(13-5-3-7-24-13)21-14(12-4-2-6-23-12)11-8-10(18)9-20-16(11)22-17/h2-9,15,17,19H,1H3,(H,20,22). The minimum atomic E-state index is -0.0477. The van der Waals surface area contributed by atoms with Gasteiger partial charge in [0.1, 0.15) is 18.0 Å². The van der Waals surface area contributed by atoms with Crippen LogP contribution in [-0.2, 0) is 0 Å². The number of hydrogen-bond acceptors (Lipinski definition) is 6. The van der Waals surface area contributed by atoms with E-state index in [1.807, 2.05) is 19.2 Å². The molecule has 4 heterocycles. The largest absolute Gasteiger partial charge is 0.352 e. The van der Waals surface area contributed by atoms with Crippen LogP contribution in [0.2, 0.25) is 5.02 Å². The van der Waals surface area contributed by atoms with Gasteiger partial charge in [0.25, 0.3) is 0 Å². The number of nitrogens with zero attached hydrogens (tertiary/aromatic N) is 2. The summed E-state index contributed by atoms with van der Waals surface area (Å²) < 4.78 is 0. The zero-order chi connectivity index (χ0) is 16.5. The highest BCUT2D eigenvalue weighted by Gasteiger charge is 2.29. The van der Waals surface area contributed by atoms with Crippen molar-refractivity contribution in [2.75, 3.05) is 12.4 Å². The van der Waals surface area contributed by atoms with E-state index < -0.39 is 0 Å². The fraction of sp³-hybridized carbons (Fsp3) is 0.176. The molecule has 4 nitrogen and oxygen atoms in total. The number of hydrogen-bond donors (Lipinski definition) is 2. The van der Waals surface area contributed by atoms with Gasteiger partial charge in [-0.2, -0.15) is 0 Å². The lowest BCUT2D eigenvalue weighted by Gasteiger charge is -2.23. The number of aliphatic imine (C=N–C) groups is 1. The van der Waals surface area contributed by atoms with E-state index >= 15 is 0 Å². The summed E-state index contributed by atoms with van der Waals surface area (Å²) in [5.74, 6) is 0.796. The summed E-state index contributed by atoms with van der Waals surface area (Å²) in [5.41, 5.74) is 1.86. The molecule has 0 aliphatic carbocycles. The molecule has 0 amide bonds. The summed E-state index contributed by atoms with van der Waals surface area (Å²) >= 11 is 9.59. The van der Waals surface area contributed by atoms with Crippen LogP contribution >= 0.6 is 34.3 Å². The molecule has 2 N–H and O–H groups in total. The molecule has 0 fully saturated rings. The molecule has 1 aliphatic rings. The average Bonchev–Trinajstić information content (AvgIpc) is 3.27. The number of rotatable bonds is 3. The number of nitrogens with one attached hydrogen (secondary N) is 2. The van der Waals surface area contributed by atoms with Crippen LogP contribution in [0.3, 0.4) is 0 Å². The quantitative estimate of drug-likeness (QED) is 0.714. The van der Waals surface area contributed by atoms with Crippen LogP contribution in [0.4, 0.5) is 5.82 Å². The smallest absolute Gasteiger partial charge is 0.136 e. The van der Waals surface area contributed by atoms with E-state index in [9.17, 15) is 0 Å². The summed E-state index contributed by atoms with van der Waals surface area (Å²) in [4.78, 5) is 11.9. The van der Waals surface area contributed by atoms with Crippen molar-refractivity contribution >= 4 is 45.8 Å². The second kappa shape index (κ2) is 6.64. The molecular weight excluding hydrogens is 360 g/mol. The SMILES string of the molecule is CNC1Nc2ncc(Cl)cc2C(c2cccs2)=NC1c1cccs1. The average molecular weight is 375 g/mol. The molecule has 0 spiro atoms. The maximum absolute atomic E-state index is 6.21. The lowest BCUT2D eigenvalue weighted by Crippen LogP contribution is -2.38. The van der Waals surface area contributed by atoms with E-state index in [1.165, 1.54) is 4.88 Å². The molecule has 0 bridgehead atoms. The molecule has 0 aromatic carbocycles. The molecule has 1 aliphatic heterocycles. The minimum absolute atomic E-state index is 0.0416. The molecule has 24 heavy (non-hydrogen) atoms. The van der Waals surface area contributed by atoms with Crippen molar-refractivity contribution in [2.45, 2.75) is 12.2 Å². The summed E-state index contributed by atoms with van der Waals surface area (Å²) in [6, 6.07) is 10.2. The highest BCUT2D eigenvalue weighted by Crippen LogP contribution is 2.34. The number of likely N-dealkylation sites (N-methyl/N-ethyl adjacent to an activating group) is 1. The predicted octanol–water partition coefficient (Wildman–Crippen LogP) is 4.41. The van der Waals surface area contributed by atoms with Crippen LogP contribution in [0.1, 0.15) is 21.4 Å². The molecule has 2 atom stereocenters. The zero-order valence-electron chi connectivity index (χ0n) is 12.9. The van der Waals surface area contributed by atoms with Crippen molar-refractivity contribution in [3.8, 4) is 0 Å². The molecule has 122 valence electrons. The first-order valence-corrected chi connectivity index (χ1v) is 9.65. The van der Waals surface area contributed by atoms with Crippen molar-refractivity contribution in [1.29, 1.82) is 0 Å². The Bertz CT molecular complexity index is 859. The van der Waals surface area contributed by atoms with Gasteiger partial charge >= 0.3 is 0 Å². The normalized spacial score (nSPS) is 20.0. The Labute approximate surface area is 153 Å². The number of thiophene rings is 2. The first-order valence-electron chi connectivity index (χ1n) is 7.51. The monoisotopic (exact) mass is 374 g/mol. The number of pyridine rings is 1. The Balaban J connectivity index is 1.92. The van der Waals surface area contributed by atoms with E-state index in [1.54, 1.807) is 28.9 Å². The summed E-state index contributed by atoms with van der Waals surface area (Å²) in [7, 11) is 1.93. The third-order valence-electron chi connectivity index (χ3n) is 3.89. The molecule has 2 unspecified atom stereocenters. The van der Waals surface area contributed by atoms with Gasteiger partial charge in [0.05, 0.1) is 15.6 Å². The van der Waals surface area contributed by atoms with Gasteiger partial charge in [-0.3, -0.25) is 10.3 Å². The van der Waals surface area contributed by atoms with E-state index in [2.05, 4.69) is 44.6 Å². The topological polar surface area (TPSA) is 49.3 Å². The highest BCUT2D eigenvalue weighted by atomic mass is 35.5. The van der Waals surface area contributed by atoms with Crippen molar-refractivity contribution in [2.24, 2.45) is 4.99 Å². The second-order valence-electron chi connectivity index (χ2n) is 5.38. The molecule has 4 rings (SSSR count). The van der Waals surface area contributed by atoms with E-state index in [0.29, 0.717) is 5.02 Å². The lowest BCUT2D eigenvalue weighted by atomic mass is 10.1. The maximum Gasteiger partial charge on any atom is 0.136 e. The third kappa shape index (κ3) is 2.86. The van der Waals surface area contributed by atoms with Crippen molar-refractivity contribution in [3.63, 3.8) is 0 Å². The van der Waals surface area contributed by atoms with Crippen LogP contribution < -0.4 is 10.6 Å². The van der Waals surface area contributed by atoms with Crippen LogP contribution in [0.5, 0.6) is 0 Å². The van der Waals surface area contributed by atoms with E-state index in [-0.39, 0.29) is 12.2 Å². The first-order chi connectivity index (χ1) is 11.8. The number of anilines is 1. The number of halogens is 1. The Morgan fingerprint density at radius 2 is 2.04 bits per heavy atom. The van der Waals surface area contributed by atoms with Gasteiger partial charge in [-0.1, -0.05) is 23.7 Å². The van der Waals surface area contributed by atoms with Gasteiger partial charge < -0.3 is 5.32 Å². The van der Waals surface area contributed by atoms with Gasteiger partial charge in [-0.25, -0.2) is 4.98 Å². The van der Waals surface area contributed by atoms with Crippen LogP contribution in [0.25, 0.3) is 0 Å². The summed E-state index contributed by atoms with van der Waals surface area (Å²) in [5, 5.41) is 11.5. The fourth-order valence-corrected chi connectivity index (χ4v) is 4.46. The molecule has 3 aromatic heterocycles. The molecular formula is C17H15ClN4S2. The van der Waals surface area contributed by atoms with Gasteiger partial charge in [-0.05, 0) is 36.0 Å². The van der Waals surface area contributed by atoms with E-state index in [0.717, 1.165) is 22.0 Å². The van der Waals surface area contributed by atoms with Crippen molar-refractivity contribution in [1.82, 2.24) is 10.3 Å². The highest BCUT2D eigenvalue weighted by molar-refractivity contribution is 7.12. The van der Waals surface area contributed by atoms with Crippen LogP contribution in [0.15, 0.2) is 52.3 Å². The van der Waals surface area contributed by atoms with Gasteiger partial charge in [0.2, 0.25) is 0 Å². The van der Waals surface area contributed by atoms with Crippen molar-refractivity contribution in [3.05, 3.63) is 67.6 Å². The van der Waals surface area contributed by atoms with E-state index in [4.69, 9.17) is 16.6 Å². The Morgan fingerprint density at radius 3 is 2.75 bits per heavy atom.